The molecule has 1 aromatic rings. The summed E-state index contributed by atoms with van der Waals surface area (Å²) in [6, 6.07) is 6.93. The third-order valence-electron chi connectivity index (χ3n) is 6.75. The smallest absolute Gasteiger partial charge is 0.363 e. The summed E-state index contributed by atoms with van der Waals surface area (Å²) in [7, 11) is 1.35. The van der Waals surface area contributed by atoms with Gasteiger partial charge in [-0.1, -0.05) is 12.1 Å². The lowest BCUT2D eigenvalue weighted by Gasteiger charge is -2.55. The van der Waals surface area contributed by atoms with Gasteiger partial charge in [-0.05, 0) is 80.1 Å². The SMILES string of the molecule is COC(=O)c1ccc(/C=C2\N=C(C34CC5CC(CC(C5)C3)C4)OC2=O)cc1. The Labute approximate surface area is 158 Å². The number of rotatable bonds is 3. The van der Waals surface area contributed by atoms with Gasteiger partial charge in [-0.2, -0.15) is 0 Å². The second-order valence-corrected chi connectivity index (χ2v) is 8.65. The van der Waals surface area contributed by atoms with Gasteiger partial charge in [0.25, 0.3) is 0 Å². The minimum absolute atomic E-state index is 0.0191. The summed E-state index contributed by atoms with van der Waals surface area (Å²) in [4.78, 5) is 28.6. The first kappa shape index (κ1) is 16.7. The molecule has 0 radical (unpaired) electrons. The molecule has 6 rings (SSSR count). The molecule has 1 heterocycles. The van der Waals surface area contributed by atoms with E-state index in [9.17, 15) is 9.59 Å². The van der Waals surface area contributed by atoms with Crippen molar-refractivity contribution in [2.75, 3.05) is 7.11 Å². The molecule has 140 valence electrons. The fraction of sp³-hybridized carbons (Fsp3) is 0.500. The largest absolute Gasteiger partial charge is 0.465 e. The molecule has 0 spiro atoms. The van der Waals surface area contributed by atoms with Crippen LogP contribution in [0.25, 0.3) is 6.08 Å². The molecule has 0 N–H and O–H groups in total. The van der Waals surface area contributed by atoms with Gasteiger partial charge in [0.15, 0.2) is 5.70 Å². The van der Waals surface area contributed by atoms with Crippen molar-refractivity contribution in [2.24, 2.45) is 28.2 Å². The van der Waals surface area contributed by atoms with Crippen LogP contribution in [0.3, 0.4) is 0 Å². The van der Waals surface area contributed by atoms with E-state index in [2.05, 4.69) is 4.99 Å². The van der Waals surface area contributed by atoms with Gasteiger partial charge in [-0.3, -0.25) is 0 Å². The first-order valence-corrected chi connectivity index (χ1v) is 9.76. The minimum atomic E-state index is -0.378. The van der Waals surface area contributed by atoms with Crippen molar-refractivity contribution in [2.45, 2.75) is 38.5 Å². The second kappa shape index (κ2) is 6.04. The van der Waals surface area contributed by atoms with E-state index >= 15 is 0 Å². The summed E-state index contributed by atoms with van der Waals surface area (Å²) in [6.07, 6.45) is 9.11. The van der Waals surface area contributed by atoms with Gasteiger partial charge in [-0.15, -0.1) is 0 Å². The third kappa shape index (κ3) is 2.80. The van der Waals surface area contributed by atoms with Gasteiger partial charge < -0.3 is 9.47 Å². The van der Waals surface area contributed by atoms with E-state index in [1.165, 1.54) is 26.4 Å². The Morgan fingerprint density at radius 1 is 1.11 bits per heavy atom. The second-order valence-electron chi connectivity index (χ2n) is 8.65. The highest BCUT2D eigenvalue weighted by Crippen LogP contribution is 2.61. The Bertz CT molecular complexity index is 830. The number of carbonyl (C=O) groups is 2. The molecular weight excluding hydrogens is 342 g/mol. The number of ether oxygens (including phenoxy) is 2. The number of cyclic esters (lactones) is 1. The highest BCUT2D eigenvalue weighted by molar-refractivity contribution is 6.09. The number of nitrogens with zero attached hydrogens (tertiary/aromatic N) is 1. The molecule has 5 heteroatoms. The molecule has 0 unspecified atom stereocenters. The van der Waals surface area contributed by atoms with E-state index in [0.29, 0.717) is 17.2 Å². The maximum Gasteiger partial charge on any atom is 0.363 e. The van der Waals surface area contributed by atoms with Crippen molar-refractivity contribution in [3.05, 3.63) is 41.1 Å². The van der Waals surface area contributed by atoms with Crippen molar-refractivity contribution in [1.82, 2.24) is 0 Å². The lowest BCUT2D eigenvalue weighted by molar-refractivity contribution is -0.131. The zero-order valence-electron chi connectivity index (χ0n) is 15.4. The average molecular weight is 365 g/mol. The number of benzene rings is 1. The number of hydrogen-bond acceptors (Lipinski definition) is 5. The van der Waals surface area contributed by atoms with Crippen LogP contribution in [0.4, 0.5) is 0 Å². The topological polar surface area (TPSA) is 65.0 Å². The summed E-state index contributed by atoms with van der Waals surface area (Å²) in [6.45, 7) is 0. The summed E-state index contributed by atoms with van der Waals surface area (Å²) >= 11 is 0. The average Bonchev–Trinajstić information content (AvgIpc) is 3.02. The molecule has 0 amide bonds. The maximum absolute atomic E-state index is 12.4. The van der Waals surface area contributed by atoms with Crippen LogP contribution in [0.1, 0.15) is 54.4 Å². The van der Waals surface area contributed by atoms with Gasteiger partial charge in [0, 0.05) is 5.41 Å². The summed E-state index contributed by atoms with van der Waals surface area (Å²) < 4.78 is 10.4. The lowest BCUT2D eigenvalue weighted by atomic mass is 9.49. The quantitative estimate of drug-likeness (QED) is 0.600. The predicted octanol–water partition coefficient (Wildman–Crippen LogP) is 3.99. The summed E-state index contributed by atoms with van der Waals surface area (Å²) in [5.74, 6) is 2.24. The zero-order valence-corrected chi connectivity index (χ0v) is 15.4. The standard InChI is InChI=1S/C22H23NO4/c1-26-19(24)17-4-2-13(3-5-17)9-18-20(25)27-21(23-18)22-10-14-6-15(11-22)8-16(7-14)12-22/h2-5,9,14-16H,6-8,10-12H2,1H3/b18-9-. The van der Waals surface area contributed by atoms with E-state index in [0.717, 1.165) is 42.6 Å². The van der Waals surface area contributed by atoms with Gasteiger partial charge >= 0.3 is 11.9 Å². The number of aliphatic imine (C=N–C) groups is 1. The molecular formula is C22H23NO4. The molecule has 4 fully saturated rings. The van der Waals surface area contributed by atoms with Crippen LogP contribution in [0.5, 0.6) is 0 Å². The lowest BCUT2D eigenvalue weighted by Crippen LogP contribution is -2.50. The molecule has 5 aliphatic rings. The van der Waals surface area contributed by atoms with Gasteiger partial charge in [0.05, 0.1) is 12.7 Å². The molecule has 0 saturated heterocycles. The molecule has 1 aliphatic heterocycles. The molecule has 0 atom stereocenters. The van der Waals surface area contributed by atoms with Crippen LogP contribution < -0.4 is 0 Å². The molecule has 27 heavy (non-hydrogen) atoms. The maximum atomic E-state index is 12.4. The van der Waals surface area contributed by atoms with Crippen molar-refractivity contribution in [3.8, 4) is 0 Å². The predicted molar refractivity (Wildman–Crippen MR) is 99.9 cm³/mol. The fourth-order valence-corrected chi connectivity index (χ4v) is 6.00. The minimum Gasteiger partial charge on any atom is -0.465 e. The highest BCUT2D eigenvalue weighted by Gasteiger charge is 2.55. The molecule has 1 aromatic carbocycles. The number of hydrogen-bond donors (Lipinski definition) is 0. The van der Waals surface area contributed by atoms with Gasteiger partial charge in [0.1, 0.15) is 0 Å². The molecule has 4 bridgehead atoms. The Hall–Kier alpha value is -2.43. The van der Waals surface area contributed by atoms with Crippen LogP contribution in [0.15, 0.2) is 35.0 Å². The van der Waals surface area contributed by atoms with Crippen molar-refractivity contribution < 1.29 is 19.1 Å². The van der Waals surface area contributed by atoms with Crippen molar-refractivity contribution >= 4 is 23.9 Å². The Balaban J connectivity index is 1.41. The third-order valence-corrected chi connectivity index (χ3v) is 6.75. The van der Waals surface area contributed by atoms with E-state index in [4.69, 9.17) is 9.47 Å². The molecule has 5 nitrogen and oxygen atoms in total. The van der Waals surface area contributed by atoms with E-state index in [-0.39, 0.29) is 17.4 Å². The fourth-order valence-electron chi connectivity index (χ4n) is 6.00. The van der Waals surface area contributed by atoms with Crippen LogP contribution in [-0.2, 0) is 14.3 Å². The van der Waals surface area contributed by atoms with Crippen molar-refractivity contribution in [3.63, 3.8) is 0 Å². The first-order chi connectivity index (χ1) is 13.0. The van der Waals surface area contributed by atoms with E-state index < -0.39 is 0 Å². The Morgan fingerprint density at radius 2 is 1.70 bits per heavy atom. The first-order valence-electron chi connectivity index (χ1n) is 9.76. The Morgan fingerprint density at radius 3 is 2.26 bits per heavy atom. The Kier molecular flexibility index (Phi) is 3.74. The highest BCUT2D eigenvalue weighted by atomic mass is 16.6. The zero-order chi connectivity index (χ0) is 18.6. The number of methoxy groups -OCH3 is 1. The normalized spacial score (nSPS) is 35.3. The summed E-state index contributed by atoms with van der Waals surface area (Å²) in [5.41, 5.74) is 1.62. The summed E-state index contributed by atoms with van der Waals surface area (Å²) in [5, 5.41) is 0. The molecule has 0 aromatic heterocycles. The van der Waals surface area contributed by atoms with Crippen LogP contribution in [-0.4, -0.2) is 24.9 Å². The molecule has 4 saturated carbocycles. The van der Waals surface area contributed by atoms with Gasteiger partial charge in [-0.25, -0.2) is 14.6 Å². The molecule has 4 aliphatic carbocycles. The number of esters is 2. The van der Waals surface area contributed by atoms with E-state index in [1.807, 2.05) is 0 Å². The number of carbonyl (C=O) groups excluding carboxylic acids is 2. The van der Waals surface area contributed by atoms with Crippen molar-refractivity contribution in [1.29, 1.82) is 0 Å². The van der Waals surface area contributed by atoms with E-state index in [1.54, 1.807) is 30.3 Å². The van der Waals surface area contributed by atoms with Crippen LogP contribution in [0, 0.1) is 23.2 Å². The van der Waals surface area contributed by atoms with Crippen LogP contribution in [0.2, 0.25) is 0 Å². The van der Waals surface area contributed by atoms with Gasteiger partial charge in [0.2, 0.25) is 5.90 Å². The van der Waals surface area contributed by atoms with Crippen LogP contribution >= 0.6 is 0 Å². The monoisotopic (exact) mass is 365 g/mol.